The third-order valence-corrected chi connectivity index (χ3v) is 7.02. The molecular formula is C31H33FN2O4. The minimum Gasteiger partial charge on any atom is -0.507 e. The monoisotopic (exact) mass is 516 g/mol. The van der Waals surface area contributed by atoms with Crippen molar-refractivity contribution in [1.82, 2.24) is 4.90 Å². The van der Waals surface area contributed by atoms with Crippen molar-refractivity contribution in [2.45, 2.75) is 40.3 Å². The summed E-state index contributed by atoms with van der Waals surface area (Å²) >= 11 is 0. The van der Waals surface area contributed by atoms with Gasteiger partial charge < -0.3 is 19.6 Å². The molecule has 1 aliphatic heterocycles. The highest BCUT2D eigenvalue weighted by molar-refractivity contribution is 6.46. The fraction of sp³-hybridized carbons (Fsp3) is 0.290. The topological polar surface area (TPSA) is 70.1 Å². The van der Waals surface area contributed by atoms with E-state index in [1.54, 1.807) is 18.2 Å². The number of halogens is 1. The highest BCUT2D eigenvalue weighted by Gasteiger charge is 2.46. The Hall–Kier alpha value is -4.13. The van der Waals surface area contributed by atoms with Gasteiger partial charge in [-0.3, -0.25) is 9.59 Å². The van der Waals surface area contributed by atoms with E-state index in [-0.39, 0.29) is 23.7 Å². The first-order valence-electron chi connectivity index (χ1n) is 12.7. The molecule has 0 saturated carbocycles. The highest BCUT2D eigenvalue weighted by atomic mass is 19.1. The number of ketones is 1. The van der Waals surface area contributed by atoms with Gasteiger partial charge in [-0.25, -0.2) is 4.39 Å². The molecule has 1 atom stereocenters. The molecule has 1 amide bonds. The Balaban J connectivity index is 1.90. The molecule has 1 heterocycles. The number of aliphatic hydroxyl groups is 1. The van der Waals surface area contributed by atoms with Gasteiger partial charge in [0, 0.05) is 25.3 Å². The molecule has 0 aromatic heterocycles. The molecular weight excluding hydrogens is 483 g/mol. The SMILES string of the molecule is CCN(CC)c1ccc(C2/C(=C(\O)c3cc(C)cc(C)c3OC)C(=O)C(=O)N2Cc2ccc(F)cc2)cc1. The van der Waals surface area contributed by atoms with Gasteiger partial charge in [-0.1, -0.05) is 30.3 Å². The first-order valence-corrected chi connectivity index (χ1v) is 12.7. The second-order valence-corrected chi connectivity index (χ2v) is 9.48. The summed E-state index contributed by atoms with van der Waals surface area (Å²) in [5.74, 6) is -1.73. The third-order valence-electron chi connectivity index (χ3n) is 7.02. The number of ether oxygens (including phenoxy) is 1. The van der Waals surface area contributed by atoms with E-state index in [1.807, 2.05) is 44.2 Å². The minimum absolute atomic E-state index is 0.00370. The lowest BCUT2D eigenvalue weighted by Gasteiger charge is -2.27. The number of amides is 1. The maximum absolute atomic E-state index is 13.5. The van der Waals surface area contributed by atoms with Crippen LogP contribution >= 0.6 is 0 Å². The van der Waals surface area contributed by atoms with E-state index >= 15 is 0 Å². The Morgan fingerprint density at radius 2 is 1.63 bits per heavy atom. The Morgan fingerprint density at radius 1 is 1.00 bits per heavy atom. The number of hydrogen-bond acceptors (Lipinski definition) is 5. The van der Waals surface area contributed by atoms with Crippen molar-refractivity contribution < 1.29 is 23.8 Å². The Bertz CT molecular complexity index is 1380. The molecule has 4 rings (SSSR count). The second-order valence-electron chi connectivity index (χ2n) is 9.48. The van der Waals surface area contributed by atoms with Gasteiger partial charge in [0.2, 0.25) is 0 Å². The number of carbonyl (C=O) groups is 2. The van der Waals surface area contributed by atoms with E-state index in [2.05, 4.69) is 18.7 Å². The van der Waals surface area contributed by atoms with Crippen LogP contribution in [0, 0.1) is 19.7 Å². The predicted octanol–water partition coefficient (Wildman–Crippen LogP) is 5.92. The number of likely N-dealkylation sites (tertiary alicyclic amines) is 1. The zero-order valence-corrected chi connectivity index (χ0v) is 22.4. The first kappa shape index (κ1) is 26.9. The number of hydrogen-bond donors (Lipinski definition) is 1. The summed E-state index contributed by atoms with van der Waals surface area (Å²) in [6.07, 6.45) is 0. The average molecular weight is 517 g/mol. The fourth-order valence-corrected chi connectivity index (χ4v) is 5.18. The Labute approximate surface area is 223 Å². The van der Waals surface area contributed by atoms with E-state index in [4.69, 9.17) is 4.74 Å². The van der Waals surface area contributed by atoms with Gasteiger partial charge in [0.15, 0.2) is 0 Å². The average Bonchev–Trinajstić information content (AvgIpc) is 3.15. The smallest absolute Gasteiger partial charge is 0.295 e. The van der Waals surface area contributed by atoms with Crippen LogP contribution in [0.5, 0.6) is 5.75 Å². The number of nitrogens with zero attached hydrogens (tertiary/aromatic N) is 2. The molecule has 3 aromatic carbocycles. The molecule has 198 valence electrons. The number of aliphatic hydroxyl groups excluding tert-OH is 1. The largest absolute Gasteiger partial charge is 0.507 e. The molecule has 1 fully saturated rings. The van der Waals surface area contributed by atoms with Gasteiger partial charge in [-0.05, 0) is 80.3 Å². The van der Waals surface area contributed by atoms with Crippen molar-refractivity contribution in [3.8, 4) is 5.75 Å². The van der Waals surface area contributed by atoms with Gasteiger partial charge in [0.05, 0.1) is 24.3 Å². The molecule has 6 nitrogen and oxygen atoms in total. The van der Waals surface area contributed by atoms with Crippen molar-refractivity contribution in [3.05, 3.63) is 99.9 Å². The molecule has 0 radical (unpaired) electrons. The molecule has 1 unspecified atom stereocenters. The van der Waals surface area contributed by atoms with Crippen LogP contribution in [-0.4, -0.2) is 41.9 Å². The van der Waals surface area contributed by atoms with Crippen LogP contribution in [-0.2, 0) is 16.1 Å². The van der Waals surface area contributed by atoms with Crippen LogP contribution in [0.3, 0.4) is 0 Å². The van der Waals surface area contributed by atoms with Crippen LogP contribution in [0.1, 0.15) is 47.7 Å². The van der Waals surface area contributed by atoms with Gasteiger partial charge in [0.1, 0.15) is 17.3 Å². The van der Waals surface area contributed by atoms with Crippen LogP contribution in [0.15, 0.2) is 66.2 Å². The van der Waals surface area contributed by atoms with E-state index in [1.165, 1.54) is 24.1 Å². The Morgan fingerprint density at radius 3 is 2.21 bits per heavy atom. The molecule has 1 saturated heterocycles. The molecule has 0 spiro atoms. The zero-order chi connectivity index (χ0) is 27.6. The summed E-state index contributed by atoms with van der Waals surface area (Å²) in [5, 5.41) is 11.6. The minimum atomic E-state index is -0.837. The third kappa shape index (κ3) is 5.01. The van der Waals surface area contributed by atoms with Crippen LogP contribution < -0.4 is 9.64 Å². The lowest BCUT2D eigenvalue weighted by atomic mass is 9.93. The van der Waals surface area contributed by atoms with E-state index in [9.17, 15) is 19.1 Å². The predicted molar refractivity (Wildman–Crippen MR) is 147 cm³/mol. The number of carbonyl (C=O) groups excluding carboxylic acids is 2. The van der Waals surface area contributed by atoms with Crippen molar-refractivity contribution >= 4 is 23.1 Å². The Kier molecular flexibility index (Phi) is 7.86. The number of anilines is 1. The van der Waals surface area contributed by atoms with Gasteiger partial charge in [-0.2, -0.15) is 0 Å². The summed E-state index contributed by atoms with van der Waals surface area (Å²) in [6, 6.07) is 16.3. The molecule has 7 heteroatoms. The van der Waals surface area contributed by atoms with E-state index < -0.39 is 17.7 Å². The van der Waals surface area contributed by atoms with Crippen LogP contribution in [0.4, 0.5) is 10.1 Å². The van der Waals surface area contributed by atoms with Crippen molar-refractivity contribution in [1.29, 1.82) is 0 Å². The fourth-order valence-electron chi connectivity index (χ4n) is 5.18. The van der Waals surface area contributed by atoms with Crippen molar-refractivity contribution in [2.75, 3.05) is 25.1 Å². The quantitative estimate of drug-likeness (QED) is 0.229. The second kappa shape index (κ2) is 11.1. The van der Waals surface area contributed by atoms with E-state index in [0.29, 0.717) is 22.4 Å². The molecule has 3 aromatic rings. The standard InChI is InChI=1S/C31H33FN2O4/c1-6-33(7-2)24-14-10-22(11-15-24)27-26(28(35)25-17-19(3)16-20(4)30(25)38-5)29(36)31(37)34(27)18-21-8-12-23(32)13-9-21/h8-17,27,35H,6-7,18H2,1-5H3/b28-26+. The molecule has 0 bridgehead atoms. The van der Waals surface area contributed by atoms with Crippen molar-refractivity contribution in [2.24, 2.45) is 0 Å². The number of Topliss-reactive ketones (excluding diaryl/α,β-unsaturated/α-hetero) is 1. The van der Waals surface area contributed by atoms with Crippen LogP contribution in [0.2, 0.25) is 0 Å². The first-order chi connectivity index (χ1) is 18.2. The molecule has 1 aliphatic rings. The van der Waals surface area contributed by atoms with Gasteiger partial charge in [-0.15, -0.1) is 0 Å². The lowest BCUT2D eigenvalue weighted by molar-refractivity contribution is -0.140. The van der Waals surface area contributed by atoms with Crippen LogP contribution in [0.25, 0.3) is 5.76 Å². The number of aryl methyl sites for hydroxylation is 2. The molecule has 38 heavy (non-hydrogen) atoms. The van der Waals surface area contributed by atoms with E-state index in [0.717, 1.165) is 29.9 Å². The zero-order valence-electron chi connectivity index (χ0n) is 22.4. The summed E-state index contributed by atoms with van der Waals surface area (Å²) in [4.78, 5) is 30.5. The highest BCUT2D eigenvalue weighted by Crippen LogP contribution is 2.42. The normalized spacial score (nSPS) is 16.7. The summed E-state index contributed by atoms with van der Waals surface area (Å²) in [7, 11) is 1.50. The van der Waals surface area contributed by atoms with Crippen molar-refractivity contribution in [3.63, 3.8) is 0 Å². The van der Waals surface area contributed by atoms with Gasteiger partial charge in [0.25, 0.3) is 11.7 Å². The maximum atomic E-state index is 13.5. The number of rotatable bonds is 8. The number of methoxy groups -OCH3 is 1. The molecule has 1 N–H and O–H groups in total. The summed E-state index contributed by atoms with van der Waals surface area (Å²) < 4.78 is 19.1. The summed E-state index contributed by atoms with van der Waals surface area (Å²) in [6.45, 7) is 9.66. The van der Waals surface area contributed by atoms with Gasteiger partial charge >= 0.3 is 0 Å². The summed E-state index contributed by atoms with van der Waals surface area (Å²) in [5.41, 5.74) is 4.41. The maximum Gasteiger partial charge on any atom is 0.295 e. The lowest BCUT2D eigenvalue weighted by Crippen LogP contribution is -2.29. The molecule has 0 aliphatic carbocycles. The number of benzene rings is 3.